The van der Waals surface area contributed by atoms with Crippen molar-refractivity contribution >= 4 is 11.6 Å². The molecule has 138 valence electrons. The van der Waals surface area contributed by atoms with Gasteiger partial charge in [0.2, 0.25) is 0 Å². The van der Waals surface area contributed by atoms with Crippen LogP contribution >= 0.6 is 0 Å². The number of non-ortho nitro benzene ring substituents is 1. The molecule has 0 aliphatic carbocycles. The molecule has 1 aromatic heterocycles. The number of carbonyl (C=O) groups is 1. The summed E-state index contributed by atoms with van der Waals surface area (Å²) in [6.07, 6.45) is 0. The summed E-state index contributed by atoms with van der Waals surface area (Å²) in [7, 11) is 1.57. The average Bonchev–Trinajstić information content (AvgIpc) is 3.11. The van der Waals surface area contributed by atoms with Crippen LogP contribution < -0.4 is 10.2 Å². The molecule has 27 heavy (non-hydrogen) atoms. The number of benzene rings is 2. The van der Waals surface area contributed by atoms with Crippen LogP contribution in [-0.4, -0.2) is 32.9 Å². The molecule has 0 bridgehead atoms. The van der Waals surface area contributed by atoms with Crippen molar-refractivity contribution in [1.29, 1.82) is 0 Å². The molecule has 0 aliphatic rings. The highest BCUT2D eigenvalue weighted by Crippen LogP contribution is 2.23. The zero-order chi connectivity index (χ0) is 19.4. The van der Waals surface area contributed by atoms with Crippen molar-refractivity contribution in [2.45, 2.75) is 6.54 Å². The normalized spacial score (nSPS) is 10.4. The Balaban J connectivity index is 1.94. The number of hydroxylamine groups is 1. The maximum absolute atomic E-state index is 12.0. The number of amides is 1. The molecular weight excluding hydrogens is 352 g/mol. The van der Waals surface area contributed by atoms with Crippen molar-refractivity contribution < 1.29 is 19.7 Å². The molecule has 0 spiro atoms. The van der Waals surface area contributed by atoms with Gasteiger partial charge < -0.3 is 4.74 Å². The molecule has 1 heterocycles. The van der Waals surface area contributed by atoms with Gasteiger partial charge in [0.15, 0.2) is 0 Å². The summed E-state index contributed by atoms with van der Waals surface area (Å²) in [6, 6.07) is 14.7. The summed E-state index contributed by atoms with van der Waals surface area (Å²) in [5, 5.41) is 24.2. The van der Waals surface area contributed by atoms with E-state index >= 15 is 0 Å². The summed E-state index contributed by atoms with van der Waals surface area (Å²) in [4.78, 5) is 22.3. The third-order valence-electron chi connectivity index (χ3n) is 3.98. The van der Waals surface area contributed by atoms with Gasteiger partial charge in [0, 0.05) is 17.7 Å². The van der Waals surface area contributed by atoms with E-state index in [0.717, 1.165) is 11.1 Å². The predicted octanol–water partition coefficient (Wildman–Crippen LogP) is 2.63. The minimum Gasteiger partial charge on any atom is -0.497 e. The highest BCUT2D eigenvalue weighted by molar-refractivity contribution is 5.92. The largest absolute Gasteiger partial charge is 0.497 e. The van der Waals surface area contributed by atoms with E-state index in [0.29, 0.717) is 11.4 Å². The van der Waals surface area contributed by atoms with Crippen molar-refractivity contribution in [3.8, 4) is 17.0 Å². The van der Waals surface area contributed by atoms with Gasteiger partial charge >= 0.3 is 0 Å². The molecule has 0 radical (unpaired) electrons. The highest BCUT2D eigenvalue weighted by Gasteiger charge is 2.16. The molecule has 1 amide bonds. The lowest BCUT2D eigenvalue weighted by molar-refractivity contribution is -0.384. The Kier molecular flexibility index (Phi) is 5.13. The number of hydrogen-bond acceptors (Lipinski definition) is 6. The summed E-state index contributed by atoms with van der Waals surface area (Å²) >= 11 is 0. The van der Waals surface area contributed by atoms with Gasteiger partial charge in [-0.25, -0.2) is 5.48 Å². The van der Waals surface area contributed by atoms with Gasteiger partial charge in [-0.3, -0.25) is 24.8 Å². The SMILES string of the molecule is COc1ccc(-c2cc(C(=O)NO)n(Cc3ccc([N+](=O)[O-])cc3)n2)cc1. The fourth-order valence-electron chi connectivity index (χ4n) is 2.58. The molecule has 3 rings (SSSR count). The van der Waals surface area contributed by atoms with Crippen LogP contribution in [0.3, 0.4) is 0 Å². The molecular formula is C18H16N4O5. The number of nitro groups is 1. The predicted molar refractivity (Wildman–Crippen MR) is 95.7 cm³/mol. The van der Waals surface area contributed by atoms with Crippen molar-refractivity contribution in [3.05, 3.63) is 76.0 Å². The molecule has 0 saturated heterocycles. The van der Waals surface area contributed by atoms with E-state index in [1.807, 2.05) is 0 Å². The van der Waals surface area contributed by atoms with Crippen LogP contribution in [0.4, 0.5) is 5.69 Å². The minimum atomic E-state index is -0.704. The van der Waals surface area contributed by atoms with Crippen LogP contribution in [0.15, 0.2) is 54.6 Å². The first-order chi connectivity index (χ1) is 13.0. The van der Waals surface area contributed by atoms with E-state index in [1.165, 1.54) is 16.8 Å². The molecule has 0 saturated carbocycles. The van der Waals surface area contributed by atoms with Gasteiger partial charge in [0.1, 0.15) is 11.4 Å². The number of methoxy groups -OCH3 is 1. The number of nitro benzene ring substituents is 1. The van der Waals surface area contributed by atoms with E-state index in [2.05, 4.69) is 5.10 Å². The number of nitrogens with one attached hydrogen (secondary N) is 1. The second kappa shape index (κ2) is 7.67. The quantitative estimate of drug-likeness (QED) is 0.392. The maximum Gasteiger partial charge on any atom is 0.292 e. The van der Waals surface area contributed by atoms with Crippen LogP contribution in [0.25, 0.3) is 11.3 Å². The van der Waals surface area contributed by atoms with Gasteiger partial charge in [-0.15, -0.1) is 0 Å². The Morgan fingerprint density at radius 1 is 1.22 bits per heavy atom. The van der Waals surface area contributed by atoms with E-state index < -0.39 is 10.8 Å². The van der Waals surface area contributed by atoms with Crippen molar-refractivity contribution in [2.24, 2.45) is 0 Å². The molecule has 0 atom stereocenters. The molecule has 2 aromatic carbocycles. The highest BCUT2D eigenvalue weighted by atomic mass is 16.6. The third-order valence-corrected chi connectivity index (χ3v) is 3.98. The molecule has 0 fully saturated rings. The molecule has 9 heteroatoms. The second-order valence-electron chi connectivity index (χ2n) is 5.67. The summed E-state index contributed by atoms with van der Waals surface area (Å²) < 4.78 is 6.55. The van der Waals surface area contributed by atoms with Gasteiger partial charge in [-0.2, -0.15) is 5.10 Å². The smallest absolute Gasteiger partial charge is 0.292 e. The van der Waals surface area contributed by atoms with E-state index in [9.17, 15) is 14.9 Å². The number of hydrogen-bond donors (Lipinski definition) is 2. The number of rotatable bonds is 6. The van der Waals surface area contributed by atoms with E-state index in [4.69, 9.17) is 9.94 Å². The lowest BCUT2D eigenvalue weighted by Crippen LogP contribution is -2.23. The third kappa shape index (κ3) is 3.93. The van der Waals surface area contributed by atoms with Crippen molar-refractivity contribution in [3.63, 3.8) is 0 Å². The molecule has 2 N–H and O–H groups in total. The number of ether oxygens (including phenoxy) is 1. The maximum atomic E-state index is 12.0. The number of nitrogens with zero attached hydrogens (tertiary/aromatic N) is 3. The van der Waals surface area contributed by atoms with Crippen LogP contribution in [0.2, 0.25) is 0 Å². The lowest BCUT2D eigenvalue weighted by Gasteiger charge is -2.06. The topological polar surface area (TPSA) is 120 Å². The first kappa shape index (κ1) is 18.1. The Morgan fingerprint density at radius 2 is 1.89 bits per heavy atom. The Hall–Kier alpha value is -3.72. The fraction of sp³-hybridized carbons (Fsp3) is 0.111. The van der Waals surface area contributed by atoms with E-state index in [1.54, 1.807) is 55.1 Å². The second-order valence-corrected chi connectivity index (χ2v) is 5.67. The fourth-order valence-corrected chi connectivity index (χ4v) is 2.58. The number of carbonyl (C=O) groups excluding carboxylic acids is 1. The first-order valence-corrected chi connectivity index (χ1v) is 7.92. The van der Waals surface area contributed by atoms with Crippen molar-refractivity contribution in [1.82, 2.24) is 15.3 Å². The van der Waals surface area contributed by atoms with Crippen LogP contribution in [0.5, 0.6) is 5.75 Å². The van der Waals surface area contributed by atoms with Gasteiger partial charge in [-0.1, -0.05) is 12.1 Å². The van der Waals surface area contributed by atoms with Gasteiger partial charge in [0.05, 0.1) is 24.3 Å². The standard InChI is InChI=1S/C18H16N4O5/c1-27-15-8-4-13(5-9-15)16-10-17(18(23)20-24)21(19-16)11-12-2-6-14(7-3-12)22(25)26/h2-10,24H,11H2,1H3,(H,20,23). The van der Waals surface area contributed by atoms with Crippen molar-refractivity contribution in [2.75, 3.05) is 7.11 Å². The summed E-state index contributed by atoms with van der Waals surface area (Å²) in [5.74, 6) is -0.0124. The van der Waals surface area contributed by atoms with Crippen LogP contribution in [0.1, 0.15) is 16.1 Å². The Morgan fingerprint density at radius 3 is 2.44 bits per heavy atom. The Bertz CT molecular complexity index is 964. The molecule has 0 aliphatic heterocycles. The molecule has 9 nitrogen and oxygen atoms in total. The first-order valence-electron chi connectivity index (χ1n) is 7.92. The molecule has 0 unspecified atom stereocenters. The zero-order valence-corrected chi connectivity index (χ0v) is 14.3. The van der Waals surface area contributed by atoms with Gasteiger partial charge in [0.25, 0.3) is 11.6 Å². The van der Waals surface area contributed by atoms with Crippen LogP contribution in [0, 0.1) is 10.1 Å². The minimum absolute atomic E-state index is 0.0218. The zero-order valence-electron chi connectivity index (χ0n) is 14.3. The monoisotopic (exact) mass is 368 g/mol. The van der Waals surface area contributed by atoms with Gasteiger partial charge in [-0.05, 0) is 35.9 Å². The Labute approximate surface area is 153 Å². The summed E-state index contributed by atoms with van der Waals surface area (Å²) in [5.41, 5.74) is 3.77. The van der Waals surface area contributed by atoms with Crippen LogP contribution in [-0.2, 0) is 6.54 Å². The lowest BCUT2D eigenvalue weighted by atomic mass is 10.1. The van der Waals surface area contributed by atoms with E-state index in [-0.39, 0.29) is 17.9 Å². The number of aromatic nitrogens is 2. The average molecular weight is 368 g/mol. The molecule has 3 aromatic rings. The summed E-state index contributed by atoms with van der Waals surface area (Å²) in [6.45, 7) is 0.205.